The van der Waals surface area contributed by atoms with Crippen molar-refractivity contribution in [1.82, 2.24) is 4.98 Å². The normalized spacial score (nSPS) is 13.2. The molecule has 0 aliphatic carbocycles. The van der Waals surface area contributed by atoms with Crippen LogP contribution in [-0.4, -0.2) is 26.1 Å². The van der Waals surface area contributed by atoms with Gasteiger partial charge in [-0.3, -0.25) is 9.52 Å². The van der Waals surface area contributed by atoms with Gasteiger partial charge in [0.25, 0.3) is 6.47 Å². The summed E-state index contributed by atoms with van der Waals surface area (Å²) in [6.07, 6.45) is 2.47. The lowest BCUT2D eigenvalue weighted by molar-refractivity contribution is -0.133. The number of aromatic amines is 1. The lowest BCUT2D eigenvalue weighted by atomic mass is 10.1. The second kappa shape index (κ2) is 4.93. The minimum atomic E-state index is -3.30. The number of carbonyl (C=O) groups is 1. The van der Waals surface area contributed by atoms with Crippen LogP contribution < -0.4 is 4.72 Å². The summed E-state index contributed by atoms with van der Waals surface area (Å²) in [5, 5.41) is 0.883. The fraction of sp³-hybridized carbons (Fsp3) is 0.250. The predicted molar refractivity (Wildman–Crippen MR) is 72.3 cm³/mol. The van der Waals surface area contributed by atoms with Crippen molar-refractivity contribution in [3.63, 3.8) is 0 Å². The number of aromatic nitrogens is 1. The first-order valence-electron chi connectivity index (χ1n) is 5.58. The van der Waals surface area contributed by atoms with Crippen molar-refractivity contribution in [3.05, 3.63) is 30.0 Å². The van der Waals surface area contributed by atoms with E-state index < -0.39 is 10.0 Å². The third-order valence-corrected chi connectivity index (χ3v) is 3.32. The summed E-state index contributed by atoms with van der Waals surface area (Å²) in [6, 6.07) is 5.13. The standard InChI is InChI=1S/C12H14N2O4S/c1-8(18-7-15)11-6-13-12-5-9(3-4-10(11)12)14-19(2,16)17/h3-8,13-14H,1-2H3. The van der Waals surface area contributed by atoms with Crippen LogP contribution in [0.5, 0.6) is 0 Å². The monoisotopic (exact) mass is 282 g/mol. The third-order valence-electron chi connectivity index (χ3n) is 2.71. The number of ether oxygens (including phenoxy) is 1. The molecule has 0 saturated heterocycles. The second-order valence-electron chi connectivity index (χ2n) is 4.25. The van der Waals surface area contributed by atoms with E-state index in [1.54, 1.807) is 31.3 Å². The van der Waals surface area contributed by atoms with Gasteiger partial charge in [0.05, 0.1) is 11.9 Å². The molecule has 0 bridgehead atoms. The van der Waals surface area contributed by atoms with Crippen LogP contribution in [0.1, 0.15) is 18.6 Å². The van der Waals surface area contributed by atoms with Crippen molar-refractivity contribution in [1.29, 1.82) is 0 Å². The summed E-state index contributed by atoms with van der Waals surface area (Å²) < 4.78 is 29.6. The molecule has 102 valence electrons. The average Bonchev–Trinajstić information content (AvgIpc) is 2.70. The molecule has 2 rings (SSSR count). The molecular weight excluding hydrogens is 268 g/mol. The summed E-state index contributed by atoms with van der Waals surface area (Å²) in [5.41, 5.74) is 2.09. The Kier molecular flexibility index (Phi) is 3.48. The maximum absolute atomic E-state index is 11.2. The SMILES string of the molecule is CC(OC=O)c1c[nH]c2cc(NS(C)(=O)=O)ccc12. The number of sulfonamides is 1. The third kappa shape index (κ3) is 3.05. The Hall–Kier alpha value is -2.02. The highest BCUT2D eigenvalue weighted by molar-refractivity contribution is 7.92. The van der Waals surface area contributed by atoms with E-state index in [0.29, 0.717) is 12.2 Å². The van der Waals surface area contributed by atoms with Crippen molar-refractivity contribution < 1.29 is 17.9 Å². The molecule has 1 atom stereocenters. The molecule has 2 N–H and O–H groups in total. The van der Waals surface area contributed by atoms with E-state index in [-0.39, 0.29) is 6.10 Å². The molecule has 0 spiro atoms. The van der Waals surface area contributed by atoms with Gasteiger partial charge in [-0.2, -0.15) is 0 Å². The van der Waals surface area contributed by atoms with Crippen molar-refractivity contribution in [2.75, 3.05) is 11.0 Å². The van der Waals surface area contributed by atoms with Gasteiger partial charge in [0.15, 0.2) is 0 Å². The number of hydrogen-bond acceptors (Lipinski definition) is 4. The second-order valence-corrected chi connectivity index (χ2v) is 6.00. The van der Waals surface area contributed by atoms with Gasteiger partial charge in [0.1, 0.15) is 6.10 Å². The number of benzene rings is 1. The minimum absolute atomic E-state index is 0.361. The first-order valence-corrected chi connectivity index (χ1v) is 7.48. The summed E-state index contributed by atoms with van der Waals surface area (Å²) in [4.78, 5) is 13.4. The van der Waals surface area contributed by atoms with Gasteiger partial charge >= 0.3 is 0 Å². The average molecular weight is 282 g/mol. The molecule has 1 aromatic heterocycles. The largest absolute Gasteiger partial charge is 0.460 e. The summed E-state index contributed by atoms with van der Waals surface area (Å²) in [7, 11) is -3.30. The molecule has 0 aliphatic rings. The number of rotatable bonds is 5. The maximum atomic E-state index is 11.2. The van der Waals surface area contributed by atoms with Crippen LogP contribution in [0.15, 0.2) is 24.4 Å². The van der Waals surface area contributed by atoms with E-state index in [0.717, 1.165) is 22.7 Å². The van der Waals surface area contributed by atoms with Crippen LogP contribution in [0.25, 0.3) is 10.9 Å². The van der Waals surface area contributed by atoms with E-state index in [2.05, 4.69) is 9.71 Å². The van der Waals surface area contributed by atoms with E-state index in [9.17, 15) is 13.2 Å². The fourth-order valence-corrected chi connectivity index (χ4v) is 2.47. The number of carbonyl (C=O) groups excluding carboxylic acids is 1. The molecule has 1 aromatic carbocycles. The van der Waals surface area contributed by atoms with Crippen molar-refractivity contribution in [2.24, 2.45) is 0 Å². The van der Waals surface area contributed by atoms with Crippen LogP contribution in [-0.2, 0) is 19.6 Å². The van der Waals surface area contributed by atoms with Crippen molar-refractivity contribution in [3.8, 4) is 0 Å². The van der Waals surface area contributed by atoms with Gasteiger partial charge in [-0.15, -0.1) is 0 Å². The Bertz CT molecular complexity index is 706. The summed E-state index contributed by atoms with van der Waals surface area (Å²) in [6.45, 7) is 2.17. The molecule has 0 aliphatic heterocycles. The van der Waals surface area contributed by atoms with Crippen LogP contribution >= 0.6 is 0 Å². The van der Waals surface area contributed by atoms with Gasteiger partial charge < -0.3 is 9.72 Å². The Labute approximate surface area is 110 Å². The van der Waals surface area contributed by atoms with Gasteiger partial charge in [0.2, 0.25) is 10.0 Å². The molecule has 0 fully saturated rings. The van der Waals surface area contributed by atoms with E-state index in [1.165, 1.54) is 0 Å². The smallest absolute Gasteiger partial charge is 0.293 e. The first-order chi connectivity index (χ1) is 8.90. The van der Waals surface area contributed by atoms with Gasteiger partial charge in [-0.1, -0.05) is 6.07 Å². The molecule has 19 heavy (non-hydrogen) atoms. The highest BCUT2D eigenvalue weighted by Gasteiger charge is 2.12. The fourth-order valence-electron chi connectivity index (χ4n) is 1.92. The molecule has 1 unspecified atom stereocenters. The molecule has 2 aromatic rings. The Morgan fingerprint density at radius 1 is 1.42 bits per heavy atom. The zero-order chi connectivity index (χ0) is 14.0. The number of H-pyrrole nitrogens is 1. The van der Waals surface area contributed by atoms with Crippen LogP contribution in [0, 0.1) is 0 Å². The molecule has 6 nitrogen and oxygen atoms in total. The number of fused-ring (bicyclic) bond motifs is 1. The topological polar surface area (TPSA) is 88.3 Å². The number of anilines is 1. The quantitative estimate of drug-likeness (QED) is 0.818. The Morgan fingerprint density at radius 3 is 2.79 bits per heavy atom. The lowest BCUT2D eigenvalue weighted by Crippen LogP contribution is -2.09. The number of hydrogen-bond donors (Lipinski definition) is 2. The predicted octanol–water partition coefficient (Wildman–Crippen LogP) is 1.77. The van der Waals surface area contributed by atoms with Gasteiger partial charge in [0, 0.05) is 22.7 Å². The molecule has 1 heterocycles. The first kappa shape index (κ1) is 13.4. The highest BCUT2D eigenvalue weighted by Crippen LogP contribution is 2.28. The van der Waals surface area contributed by atoms with E-state index in [1.807, 2.05) is 0 Å². The van der Waals surface area contributed by atoms with Crippen molar-refractivity contribution in [2.45, 2.75) is 13.0 Å². The lowest BCUT2D eigenvalue weighted by Gasteiger charge is -2.08. The highest BCUT2D eigenvalue weighted by atomic mass is 32.2. The Balaban J connectivity index is 2.39. The van der Waals surface area contributed by atoms with Crippen molar-refractivity contribution >= 4 is 33.1 Å². The maximum Gasteiger partial charge on any atom is 0.293 e. The van der Waals surface area contributed by atoms with Gasteiger partial charge in [-0.05, 0) is 19.1 Å². The van der Waals surface area contributed by atoms with Gasteiger partial charge in [-0.25, -0.2) is 8.42 Å². The zero-order valence-electron chi connectivity index (χ0n) is 10.5. The van der Waals surface area contributed by atoms with Crippen LogP contribution in [0.2, 0.25) is 0 Å². The molecule has 0 radical (unpaired) electrons. The van der Waals surface area contributed by atoms with E-state index in [4.69, 9.17) is 4.74 Å². The zero-order valence-corrected chi connectivity index (χ0v) is 11.3. The Morgan fingerprint density at radius 2 is 2.16 bits per heavy atom. The number of nitrogens with one attached hydrogen (secondary N) is 2. The van der Waals surface area contributed by atoms with Crippen LogP contribution in [0.4, 0.5) is 5.69 Å². The minimum Gasteiger partial charge on any atom is -0.460 e. The summed E-state index contributed by atoms with van der Waals surface area (Å²) >= 11 is 0. The van der Waals surface area contributed by atoms with Crippen LogP contribution in [0.3, 0.4) is 0 Å². The molecule has 0 saturated carbocycles. The van der Waals surface area contributed by atoms with E-state index >= 15 is 0 Å². The molecular formula is C12H14N2O4S. The molecule has 7 heteroatoms. The molecule has 0 amide bonds. The summed E-state index contributed by atoms with van der Waals surface area (Å²) in [5.74, 6) is 0.